The number of hydrogen-bond acceptors (Lipinski definition) is 4. The van der Waals surface area contributed by atoms with Crippen LogP contribution in [0.3, 0.4) is 0 Å². The van der Waals surface area contributed by atoms with E-state index in [1.807, 2.05) is 0 Å². The minimum Gasteiger partial charge on any atom is -0.370 e. The molecule has 0 unspecified atom stereocenters. The van der Waals surface area contributed by atoms with Gasteiger partial charge in [-0.15, -0.1) is 0 Å². The van der Waals surface area contributed by atoms with Crippen molar-refractivity contribution in [1.29, 1.82) is 0 Å². The predicted molar refractivity (Wildman–Crippen MR) is 77.2 cm³/mol. The molecule has 1 aromatic rings. The minimum absolute atomic E-state index is 0.136. The van der Waals surface area contributed by atoms with Crippen LogP contribution in [0.1, 0.15) is 50.5 Å². The lowest BCUT2D eigenvalue weighted by Gasteiger charge is -2.08. The van der Waals surface area contributed by atoms with Gasteiger partial charge in [0.15, 0.2) is 0 Å². The van der Waals surface area contributed by atoms with Crippen molar-refractivity contribution < 1.29 is 4.79 Å². The van der Waals surface area contributed by atoms with E-state index in [4.69, 9.17) is 0 Å². The molecule has 0 aliphatic rings. The molecule has 2 N–H and O–H groups in total. The molecule has 1 heterocycles. The van der Waals surface area contributed by atoms with Crippen molar-refractivity contribution in [3.05, 3.63) is 18.1 Å². The van der Waals surface area contributed by atoms with Gasteiger partial charge in [-0.1, -0.05) is 27.2 Å². The molecule has 0 fully saturated rings. The molecule has 19 heavy (non-hydrogen) atoms. The molecule has 0 bridgehead atoms. The lowest BCUT2D eigenvalue weighted by atomic mass is 10.1. The predicted octanol–water partition coefficient (Wildman–Crippen LogP) is 2.46. The molecule has 5 heteroatoms. The smallest absolute Gasteiger partial charge is 0.270 e. The molecule has 0 spiro atoms. The largest absolute Gasteiger partial charge is 0.370 e. The van der Waals surface area contributed by atoms with Gasteiger partial charge < -0.3 is 10.6 Å². The number of aromatic nitrogens is 2. The molecule has 0 aliphatic carbocycles. The monoisotopic (exact) mass is 264 g/mol. The van der Waals surface area contributed by atoms with Crippen LogP contribution >= 0.6 is 0 Å². The Hall–Kier alpha value is -1.65. The summed E-state index contributed by atoms with van der Waals surface area (Å²) in [6.07, 6.45) is 4.54. The molecule has 0 atom stereocenters. The highest BCUT2D eigenvalue weighted by Gasteiger charge is 2.07. The summed E-state index contributed by atoms with van der Waals surface area (Å²) in [5.74, 6) is 1.21. The maximum atomic E-state index is 11.8. The Labute approximate surface area is 115 Å². The molecule has 0 aromatic carbocycles. The molecule has 0 saturated heterocycles. The summed E-state index contributed by atoms with van der Waals surface area (Å²) >= 11 is 0. The number of hydrogen-bond donors (Lipinski definition) is 2. The molecule has 5 nitrogen and oxygen atoms in total. The second-order valence-electron chi connectivity index (χ2n) is 5.01. The number of anilines is 1. The Kier molecular flexibility index (Phi) is 6.85. The molecule has 0 aliphatic heterocycles. The van der Waals surface area contributed by atoms with Gasteiger partial charge in [-0.05, 0) is 18.8 Å². The quantitative estimate of drug-likeness (QED) is 0.708. The average molecular weight is 264 g/mol. The number of amides is 1. The van der Waals surface area contributed by atoms with E-state index < -0.39 is 0 Å². The van der Waals surface area contributed by atoms with Gasteiger partial charge in [0.1, 0.15) is 17.8 Å². The van der Waals surface area contributed by atoms with Crippen molar-refractivity contribution in [2.45, 2.75) is 40.0 Å². The average Bonchev–Trinajstić information content (AvgIpc) is 2.39. The fourth-order valence-electron chi connectivity index (χ4n) is 1.54. The lowest BCUT2D eigenvalue weighted by Crippen LogP contribution is -2.25. The van der Waals surface area contributed by atoms with Crippen molar-refractivity contribution >= 4 is 11.7 Å². The van der Waals surface area contributed by atoms with E-state index in [-0.39, 0.29) is 5.91 Å². The molecule has 1 aromatic heterocycles. The van der Waals surface area contributed by atoms with Crippen LogP contribution in [0, 0.1) is 5.92 Å². The van der Waals surface area contributed by atoms with Gasteiger partial charge in [-0.25, -0.2) is 9.97 Å². The Balaban J connectivity index is 2.48. The SMILES string of the molecule is CCCCNC(=O)c1cc(NCCC(C)C)ncn1. The summed E-state index contributed by atoms with van der Waals surface area (Å²) in [5, 5.41) is 6.05. The third kappa shape index (κ3) is 6.18. The van der Waals surface area contributed by atoms with Gasteiger partial charge in [0.05, 0.1) is 0 Å². The van der Waals surface area contributed by atoms with E-state index in [2.05, 4.69) is 41.4 Å². The highest BCUT2D eigenvalue weighted by Crippen LogP contribution is 2.06. The first-order valence-corrected chi connectivity index (χ1v) is 6.97. The molecule has 1 amide bonds. The van der Waals surface area contributed by atoms with Crippen molar-refractivity contribution in [3.8, 4) is 0 Å². The number of carbonyl (C=O) groups is 1. The number of carbonyl (C=O) groups excluding carboxylic acids is 1. The summed E-state index contributed by atoms with van der Waals surface area (Å²) in [4.78, 5) is 19.9. The first-order chi connectivity index (χ1) is 9.13. The highest BCUT2D eigenvalue weighted by molar-refractivity contribution is 5.92. The Morgan fingerprint density at radius 1 is 1.32 bits per heavy atom. The second kappa shape index (κ2) is 8.45. The Morgan fingerprint density at radius 3 is 2.79 bits per heavy atom. The lowest BCUT2D eigenvalue weighted by molar-refractivity contribution is 0.0948. The zero-order valence-corrected chi connectivity index (χ0v) is 12.1. The van der Waals surface area contributed by atoms with Crippen molar-refractivity contribution in [2.75, 3.05) is 18.4 Å². The van der Waals surface area contributed by atoms with Gasteiger partial charge in [-0.2, -0.15) is 0 Å². The van der Waals surface area contributed by atoms with Crippen LogP contribution in [0.15, 0.2) is 12.4 Å². The zero-order valence-electron chi connectivity index (χ0n) is 12.1. The van der Waals surface area contributed by atoms with Crippen LogP contribution in [0.2, 0.25) is 0 Å². The molecular weight excluding hydrogens is 240 g/mol. The van der Waals surface area contributed by atoms with Crippen LogP contribution in [0.5, 0.6) is 0 Å². The van der Waals surface area contributed by atoms with Crippen LogP contribution in [0.4, 0.5) is 5.82 Å². The van der Waals surface area contributed by atoms with Crippen LogP contribution in [-0.2, 0) is 0 Å². The number of rotatable bonds is 8. The van der Waals surface area contributed by atoms with Crippen molar-refractivity contribution in [2.24, 2.45) is 5.92 Å². The topological polar surface area (TPSA) is 66.9 Å². The maximum absolute atomic E-state index is 11.8. The Bertz CT molecular complexity index is 393. The molecule has 0 radical (unpaired) electrons. The number of nitrogens with one attached hydrogen (secondary N) is 2. The van der Waals surface area contributed by atoms with Gasteiger partial charge in [0.25, 0.3) is 5.91 Å². The summed E-state index contributed by atoms with van der Waals surface area (Å²) in [5.41, 5.74) is 0.415. The molecule has 0 saturated carbocycles. The molecule has 106 valence electrons. The van der Waals surface area contributed by atoms with E-state index in [0.29, 0.717) is 24.0 Å². The van der Waals surface area contributed by atoms with Gasteiger partial charge in [0.2, 0.25) is 0 Å². The van der Waals surface area contributed by atoms with Crippen LogP contribution in [0.25, 0.3) is 0 Å². The fraction of sp³-hybridized carbons (Fsp3) is 0.643. The zero-order chi connectivity index (χ0) is 14.1. The maximum Gasteiger partial charge on any atom is 0.270 e. The van der Waals surface area contributed by atoms with E-state index in [1.54, 1.807) is 6.07 Å². The minimum atomic E-state index is -0.136. The number of unbranched alkanes of at least 4 members (excludes halogenated alkanes) is 1. The fourth-order valence-corrected chi connectivity index (χ4v) is 1.54. The first-order valence-electron chi connectivity index (χ1n) is 6.97. The first kappa shape index (κ1) is 15.4. The normalized spacial score (nSPS) is 10.5. The van der Waals surface area contributed by atoms with E-state index in [9.17, 15) is 4.79 Å². The second-order valence-corrected chi connectivity index (χ2v) is 5.01. The summed E-state index contributed by atoms with van der Waals surface area (Å²) in [6.45, 7) is 7.98. The van der Waals surface area contributed by atoms with Crippen LogP contribution in [-0.4, -0.2) is 29.0 Å². The van der Waals surface area contributed by atoms with Crippen molar-refractivity contribution in [1.82, 2.24) is 15.3 Å². The number of nitrogens with zero attached hydrogens (tertiary/aromatic N) is 2. The van der Waals surface area contributed by atoms with E-state index in [0.717, 1.165) is 25.8 Å². The van der Waals surface area contributed by atoms with E-state index in [1.165, 1.54) is 6.33 Å². The summed E-state index contributed by atoms with van der Waals surface area (Å²) in [6, 6.07) is 1.70. The van der Waals surface area contributed by atoms with Gasteiger partial charge in [0, 0.05) is 19.2 Å². The third-order valence-electron chi connectivity index (χ3n) is 2.74. The van der Waals surface area contributed by atoms with E-state index >= 15 is 0 Å². The third-order valence-corrected chi connectivity index (χ3v) is 2.74. The summed E-state index contributed by atoms with van der Waals surface area (Å²) < 4.78 is 0. The standard InChI is InChI=1S/C14H24N4O/c1-4-5-7-16-14(19)12-9-13(18-10-17-12)15-8-6-11(2)3/h9-11H,4-8H2,1-3H3,(H,16,19)(H,15,17,18). The Morgan fingerprint density at radius 2 is 2.11 bits per heavy atom. The van der Waals surface area contributed by atoms with Crippen LogP contribution < -0.4 is 10.6 Å². The van der Waals surface area contributed by atoms with Gasteiger partial charge in [-0.3, -0.25) is 4.79 Å². The van der Waals surface area contributed by atoms with Crippen molar-refractivity contribution in [3.63, 3.8) is 0 Å². The molecule has 1 rings (SSSR count). The van der Waals surface area contributed by atoms with Gasteiger partial charge >= 0.3 is 0 Å². The summed E-state index contributed by atoms with van der Waals surface area (Å²) in [7, 11) is 0. The molecular formula is C14H24N4O. The highest BCUT2D eigenvalue weighted by atomic mass is 16.1.